The van der Waals surface area contributed by atoms with Crippen molar-refractivity contribution in [3.63, 3.8) is 0 Å². The monoisotopic (exact) mass is 546 g/mol. The summed E-state index contributed by atoms with van der Waals surface area (Å²) in [5, 5.41) is 19.8. The Morgan fingerprint density at radius 1 is 1.12 bits per heavy atom. The van der Waals surface area contributed by atoms with Gasteiger partial charge < -0.3 is 19.3 Å². The number of ether oxygens (including phenoxy) is 1. The largest absolute Gasteiger partial charge is 0.395 e. The van der Waals surface area contributed by atoms with Gasteiger partial charge in [-0.25, -0.2) is 5.48 Å². The third kappa shape index (κ3) is 6.45. The average Bonchev–Trinajstić information content (AvgIpc) is 3.58. The molecule has 3 aromatic rings. The molecule has 1 aliphatic carbocycles. The first kappa shape index (κ1) is 28.0. The Hall–Kier alpha value is -3.50. The molecule has 0 saturated carbocycles. The number of hydrogen-bond acceptors (Lipinski definition) is 6. The minimum absolute atomic E-state index is 0.0916. The Morgan fingerprint density at radius 3 is 2.75 bits per heavy atom. The number of hydroxylamine groups is 1. The Kier molecular flexibility index (Phi) is 9.28. The summed E-state index contributed by atoms with van der Waals surface area (Å²) in [7, 11) is 0. The van der Waals surface area contributed by atoms with Gasteiger partial charge in [0.1, 0.15) is 0 Å². The lowest BCUT2D eigenvalue weighted by Crippen LogP contribution is -2.40. The van der Waals surface area contributed by atoms with Crippen molar-refractivity contribution >= 4 is 28.8 Å². The molecule has 5 rings (SSSR count). The summed E-state index contributed by atoms with van der Waals surface area (Å²) in [5.41, 5.74) is 7.43. The molecule has 1 fully saturated rings. The van der Waals surface area contributed by atoms with Crippen molar-refractivity contribution in [1.29, 1.82) is 0 Å². The minimum atomic E-state index is -0.558. The number of aromatic nitrogens is 1. The number of carbonyl (C=O) groups excluding carboxylic acids is 2. The number of nitrogens with one attached hydrogen (secondary N) is 1. The molecule has 0 spiro atoms. The normalized spacial score (nSPS) is 17.2. The molecule has 0 bridgehead atoms. The summed E-state index contributed by atoms with van der Waals surface area (Å²) >= 11 is 0. The Balaban J connectivity index is 1.27. The van der Waals surface area contributed by atoms with E-state index in [9.17, 15) is 14.7 Å². The first-order valence-corrected chi connectivity index (χ1v) is 14.1. The average molecular weight is 547 g/mol. The van der Waals surface area contributed by atoms with Crippen molar-refractivity contribution < 1.29 is 24.6 Å². The fourth-order valence-corrected chi connectivity index (χ4v) is 6.02. The lowest BCUT2D eigenvalue weighted by atomic mass is 10.0. The van der Waals surface area contributed by atoms with Gasteiger partial charge in [0.25, 0.3) is 5.91 Å². The van der Waals surface area contributed by atoms with Gasteiger partial charge in [0, 0.05) is 68.4 Å². The van der Waals surface area contributed by atoms with Crippen molar-refractivity contribution in [2.24, 2.45) is 0 Å². The molecule has 2 amide bonds. The van der Waals surface area contributed by atoms with E-state index in [1.807, 2.05) is 17.0 Å². The molecule has 2 aromatic carbocycles. The van der Waals surface area contributed by atoms with Crippen LogP contribution in [0.25, 0.3) is 17.0 Å². The van der Waals surface area contributed by atoms with Crippen LogP contribution in [0.15, 0.2) is 54.7 Å². The number of amides is 2. The van der Waals surface area contributed by atoms with Gasteiger partial charge in [-0.3, -0.25) is 19.7 Å². The fourth-order valence-electron chi connectivity index (χ4n) is 6.02. The third-order valence-electron chi connectivity index (χ3n) is 8.05. The van der Waals surface area contributed by atoms with E-state index in [4.69, 9.17) is 9.94 Å². The van der Waals surface area contributed by atoms with Crippen molar-refractivity contribution in [1.82, 2.24) is 19.8 Å². The van der Waals surface area contributed by atoms with Crippen LogP contribution in [-0.4, -0.2) is 82.5 Å². The molecule has 2 heterocycles. The zero-order valence-electron chi connectivity index (χ0n) is 22.8. The van der Waals surface area contributed by atoms with Crippen molar-refractivity contribution in [2.75, 3.05) is 46.0 Å². The fraction of sp³-hybridized carbons (Fsp3) is 0.419. The maximum absolute atomic E-state index is 12.7. The molecule has 40 heavy (non-hydrogen) atoms. The van der Waals surface area contributed by atoms with Gasteiger partial charge in [-0.1, -0.05) is 36.4 Å². The zero-order valence-corrected chi connectivity index (χ0v) is 22.8. The van der Waals surface area contributed by atoms with Crippen LogP contribution in [0.5, 0.6) is 0 Å². The summed E-state index contributed by atoms with van der Waals surface area (Å²) in [6.07, 6.45) is 8.41. The van der Waals surface area contributed by atoms with Gasteiger partial charge in [0.05, 0.1) is 19.8 Å². The molecule has 2 aliphatic rings. The predicted molar refractivity (Wildman–Crippen MR) is 153 cm³/mol. The van der Waals surface area contributed by atoms with E-state index in [0.717, 1.165) is 36.9 Å². The maximum Gasteiger partial charge on any atom is 0.267 e. The lowest BCUT2D eigenvalue weighted by Gasteiger charge is -2.29. The zero-order chi connectivity index (χ0) is 27.9. The van der Waals surface area contributed by atoms with E-state index in [0.29, 0.717) is 45.8 Å². The topological polar surface area (TPSA) is 107 Å². The molecule has 1 saturated heterocycles. The molecular weight excluding hydrogens is 508 g/mol. The Labute approximate surface area is 234 Å². The first-order chi connectivity index (χ1) is 19.6. The smallest absolute Gasteiger partial charge is 0.267 e. The van der Waals surface area contributed by atoms with Gasteiger partial charge in [-0.15, -0.1) is 0 Å². The van der Waals surface area contributed by atoms with E-state index in [1.54, 1.807) is 11.6 Å². The number of hydrogen-bond donors (Lipinski definition) is 3. The van der Waals surface area contributed by atoms with Crippen molar-refractivity contribution in [2.45, 2.75) is 38.3 Å². The number of aliphatic hydroxyl groups is 1. The highest BCUT2D eigenvalue weighted by atomic mass is 16.5. The molecule has 0 radical (unpaired) electrons. The second-order valence-electron chi connectivity index (χ2n) is 10.4. The molecule has 1 unspecified atom stereocenters. The van der Waals surface area contributed by atoms with Crippen molar-refractivity contribution in [3.05, 3.63) is 77.0 Å². The highest BCUT2D eigenvalue weighted by molar-refractivity contribution is 5.90. The van der Waals surface area contributed by atoms with Crippen LogP contribution in [0.4, 0.5) is 0 Å². The van der Waals surface area contributed by atoms with E-state index < -0.39 is 5.91 Å². The molecular formula is C31H38N4O5. The van der Waals surface area contributed by atoms with Crippen molar-refractivity contribution in [3.8, 4) is 0 Å². The van der Waals surface area contributed by atoms with Crippen LogP contribution in [0, 0.1) is 0 Å². The number of rotatable bonds is 11. The second kappa shape index (κ2) is 13.2. The predicted octanol–water partition coefficient (Wildman–Crippen LogP) is 2.93. The number of fused-ring (bicyclic) bond motifs is 2. The number of benzene rings is 2. The molecule has 9 heteroatoms. The number of nitrogens with zero attached hydrogens (tertiary/aromatic N) is 3. The molecule has 1 atom stereocenters. The number of aryl methyl sites for hydroxylation is 2. The molecule has 212 valence electrons. The number of para-hydroxylation sites is 1. The molecule has 1 aliphatic heterocycles. The van der Waals surface area contributed by atoms with E-state index in [1.165, 1.54) is 28.2 Å². The van der Waals surface area contributed by atoms with Gasteiger partial charge in [-0.05, 0) is 53.7 Å². The Bertz CT molecular complexity index is 1360. The standard InChI is InChI=1S/C31H38N4O5/c36-18-15-33(29-9-7-24-21-23(5-8-27(24)29)6-10-30(37)32-39)13-11-25-22-35(28-4-2-1-3-26(25)28)14-12-31(38)34-16-19-40-20-17-34/h1-6,8,10,21-22,29,36,39H,7,9,11-20H2,(H,32,37)/b10-6+. The maximum atomic E-state index is 12.7. The van der Waals surface area contributed by atoms with Crippen LogP contribution in [0.3, 0.4) is 0 Å². The first-order valence-electron chi connectivity index (χ1n) is 14.1. The van der Waals surface area contributed by atoms with Crippen LogP contribution >= 0.6 is 0 Å². The van der Waals surface area contributed by atoms with Crippen LogP contribution in [0.1, 0.15) is 41.1 Å². The number of aliphatic hydroxyl groups excluding tert-OH is 1. The van der Waals surface area contributed by atoms with E-state index >= 15 is 0 Å². The van der Waals surface area contributed by atoms with Crippen LogP contribution in [-0.2, 0) is 33.7 Å². The quantitative estimate of drug-likeness (QED) is 0.194. The highest BCUT2D eigenvalue weighted by Crippen LogP contribution is 2.36. The van der Waals surface area contributed by atoms with Gasteiger partial charge >= 0.3 is 0 Å². The summed E-state index contributed by atoms with van der Waals surface area (Å²) in [6.45, 7) is 4.69. The summed E-state index contributed by atoms with van der Waals surface area (Å²) in [6, 6.07) is 14.8. The minimum Gasteiger partial charge on any atom is -0.395 e. The molecule has 1 aromatic heterocycles. The number of morpholine rings is 1. The third-order valence-corrected chi connectivity index (χ3v) is 8.05. The van der Waals surface area contributed by atoms with Gasteiger partial charge in [0.15, 0.2) is 0 Å². The Morgan fingerprint density at radius 2 is 1.95 bits per heavy atom. The molecule has 9 nitrogen and oxygen atoms in total. The summed E-state index contributed by atoms with van der Waals surface area (Å²) in [5.74, 6) is -0.385. The number of carbonyl (C=O) groups is 2. The van der Waals surface area contributed by atoms with Crippen LogP contribution < -0.4 is 5.48 Å². The van der Waals surface area contributed by atoms with Gasteiger partial charge in [0.2, 0.25) is 5.91 Å². The van der Waals surface area contributed by atoms with Gasteiger partial charge in [-0.2, -0.15) is 0 Å². The summed E-state index contributed by atoms with van der Waals surface area (Å²) < 4.78 is 7.58. The SMILES string of the molecule is O=C(/C=C/c1ccc2c(c1)CCC2N(CCO)CCc1cn(CCC(=O)N2CCOCC2)c2ccccc12)NO. The van der Waals surface area contributed by atoms with E-state index in [-0.39, 0.29) is 18.6 Å². The highest BCUT2D eigenvalue weighted by Gasteiger charge is 2.28. The summed E-state index contributed by atoms with van der Waals surface area (Å²) in [4.78, 5) is 28.3. The second-order valence-corrected chi connectivity index (χ2v) is 10.4. The lowest BCUT2D eigenvalue weighted by molar-refractivity contribution is -0.135. The van der Waals surface area contributed by atoms with E-state index in [2.05, 4.69) is 46.0 Å². The van der Waals surface area contributed by atoms with Crippen LogP contribution in [0.2, 0.25) is 0 Å². The molecule has 3 N–H and O–H groups in total.